The molecule has 0 radical (unpaired) electrons. The molecule has 1 heterocycles. The maximum Gasteiger partial charge on any atom is 0.417 e. The van der Waals surface area contributed by atoms with Gasteiger partial charge in [-0.25, -0.2) is 0 Å². The normalized spacial score (nSPS) is 15.8. The number of aliphatic carboxylic acids is 1. The van der Waals surface area contributed by atoms with Gasteiger partial charge in [0.15, 0.2) is 0 Å². The van der Waals surface area contributed by atoms with E-state index in [1.165, 1.54) is 17.0 Å². The molecule has 1 aromatic carbocycles. The second kappa shape index (κ2) is 5.15. The van der Waals surface area contributed by atoms with Crippen molar-refractivity contribution < 1.29 is 27.9 Å². The van der Waals surface area contributed by atoms with Crippen molar-refractivity contribution in [1.29, 1.82) is 0 Å². The average Bonchev–Trinajstić information content (AvgIpc) is 2.31. The molecule has 2 rings (SSSR count). The summed E-state index contributed by atoms with van der Waals surface area (Å²) in [5.74, 6) is -1.87. The van der Waals surface area contributed by atoms with E-state index in [2.05, 4.69) is 0 Å². The minimum atomic E-state index is -4.59. The first-order valence-electron chi connectivity index (χ1n) is 5.96. The maximum atomic E-state index is 12.8. The van der Waals surface area contributed by atoms with Crippen LogP contribution in [0, 0.1) is 5.92 Å². The summed E-state index contributed by atoms with van der Waals surface area (Å²) < 4.78 is 38.4. The third-order valence-electron chi connectivity index (χ3n) is 3.17. The van der Waals surface area contributed by atoms with Crippen molar-refractivity contribution >= 4 is 11.9 Å². The molecule has 1 fully saturated rings. The Bertz CT molecular complexity index is 536. The van der Waals surface area contributed by atoms with Crippen LogP contribution in [0.2, 0.25) is 0 Å². The number of amides is 1. The molecule has 1 aromatic rings. The van der Waals surface area contributed by atoms with E-state index in [1.54, 1.807) is 0 Å². The SMILES string of the molecule is O=C(O)CC1CN(C(=O)c2ccccc2C(F)(F)F)C1. The van der Waals surface area contributed by atoms with Crippen molar-refractivity contribution in [3.8, 4) is 0 Å². The van der Waals surface area contributed by atoms with E-state index in [0.29, 0.717) is 0 Å². The monoisotopic (exact) mass is 287 g/mol. The summed E-state index contributed by atoms with van der Waals surface area (Å²) in [5.41, 5.74) is -1.36. The van der Waals surface area contributed by atoms with E-state index in [1.807, 2.05) is 0 Å². The quantitative estimate of drug-likeness (QED) is 0.927. The number of hydrogen-bond acceptors (Lipinski definition) is 2. The minimum Gasteiger partial charge on any atom is -0.481 e. The van der Waals surface area contributed by atoms with Crippen LogP contribution in [0.1, 0.15) is 22.3 Å². The summed E-state index contributed by atoms with van der Waals surface area (Å²) >= 11 is 0. The average molecular weight is 287 g/mol. The largest absolute Gasteiger partial charge is 0.481 e. The van der Waals surface area contributed by atoms with Crippen molar-refractivity contribution in [2.75, 3.05) is 13.1 Å². The summed E-state index contributed by atoms with van der Waals surface area (Å²) in [5, 5.41) is 8.59. The molecule has 1 aliphatic rings. The van der Waals surface area contributed by atoms with E-state index < -0.39 is 29.2 Å². The number of nitrogens with zero attached hydrogens (tertiary/aromatic N) is 1. The molecule has 20 heavy (non-hydrogen) atoms. The zero-order chi connectivity index (χ0) is 14.9. The molecular formula is C13H12F3NO3. The molecular weight excluding hydrogens is 275 g/mol. The Morgan fingerprint density at radius 2 is 1.85 bits per heavy atom. The molecule has 4 nitrogen and oxygen atoms in total. The van der Waals surface area contributed by atoms with Crippen molar-refractivity contribution in [2.24, 2.45) is 5.92 Å². The van der Waals surface area contributed by atoms with Gasteiger partial charge in [-0.1, -0.05) is 12.1 Å². The second-order valence-electron chi connectivity index (χ2n) is 4.72. The number of rotatable bonds is 3. The first-order chi connectivity index (χ1) is 9.29. The fourth-order valence-corrected chi connectivity index (χ4v) is 2.20. The van der Waals surface area contributed by atoms with Gasteiger partial charge in [0.2, 0.25) is 0 Å². The highest BCUT2D eigenvalue weighted by Crippen LogP contribution is 2.33. The number of alkyl halides is 3. The number of halogens is 3. The lowest BCUT2D eigenvalue weighted by atomic mass is 9.94. The van der Waals surface area contributed by atoms with Gasteiger partial charge in [0.1, 0.15) is 0 Å². The predicted octanol–water partition coefficient (Wildman–Crippen LogP) is 2.25. The number of carboxylic acids is 1. The molecule has 1 amide bonds. The minimum absolute atomic E-state index is 0.0787. The van der Waals surface area contributed by atoms with Gasteiger partial charge in [0.05, 0.1) is 17.5 Å². The fourth-order valence-electron chi connectivity index (χ4n) is 2.20. The maximum absolute atomic E-state index is 12.8. The summed E-state index contributed by atoms with van der Waals surface area (Å²) in [4.78, 5) is 23.7. The Morgan fingerprint density at radius 1 is 1.25 bits per heavy atom. The molecule has 0 bridgehead atoms. The highest BCUT2D eigenvalue weighted by molar-refractivity contribution is 5.96. The Hall–Kier alpha value is -2.05. The Kier molecular flexibility index (Phi) is 3.69. The van der Waals surface area contributed by atoms with Crippen LogP contribution >= 0.6 is 0 Å². The molecule has 0 aliphatic carbocycles. The first kappa shape index (κ1) is 14.4. The van der Waals surface area contributed by atoms with Gasteiger partial charge in [0.25, 0.3) is 5.91 Å². The van der Waals surface area contributed by atoms with Gasteiger partial charge in [-0.15, -0.1) is 0 Å². The number of likely N-dealkylation sites (tertiary alicyclic amines) is 1. The van der Waals surface area contributed by atoms with Crippen LogP contribution in [0.3, 0.4) is 0 Å². The lowest BCUT2D eigenvalue weighted by Gasteiger charge is -2.39. The smallest absolute Gasteiger partial charge is 0.417 e. The van der Waals surface area contributed by atoms with Gasteiger partial charge in [-0.05, 0) is 12.1 Å². The predicted molar refractivity (Wildman–Crippen MR) is 63.1 cm³/mol. The van der Waals surface area contributed by atoms with E-state index in [0.717, 1.165) is 12.1 Å². The fraction of sp³-hybridized carbons (Fsp3) is 0.385. The zero-order valence-corrected chi connectivity index (χ0v) is 10.4. The Labute approximate surface area is 112 Å². The Morgan fingerprint density at radius 3 is 2.40 bits per heavy atom. The number of hydrogen-bond donors (Lipinski definition) is 1. The molecule has 7 heteroatoms. The van der Waals surface area contributed by atoms with Crippen molar-refractivity contribution in [3.63, 3.8) is 0 Å². The molecule has 0 unspecified atom stereocenters. The third-order valence-corrected chi connectivity index (χ3v) is 3.17. The van der Waals surface area contributed by atoms with Crippen LogP contribution in [0.4, 0.5) is 13.2 Å². The molecule has 0 atom stereocenters. The van der Waals surface area contributed by atoms with Crippen LogP contribution in [0.25, 0.3) is 0 Å². The Balaban J connectivity index is 2.10. The standard InChI is InChI=1S/C13H12F3NO3/c14-13(15,16)10-4-2-1-3-9(10)12(20)17-6-8(7-17)5-11(18)19/h1-4,8H,5-7H2,(H,18,19). The zero-order valence-electron chi connectivity index (χ0n) is 10.4. The lowest BCUT2D eigenvalue weighted by Crippen LogP contribution is -2.50. The van der Waals surface area contributed by atoms with Crippen LogP contribution < -0.4 is 0 Å². The van der Waals surface area contributed by atoms with Gasteiger partial charge in [0, 0.05) is 19.0 Å². The summed E-state index contributed by atoms with van der Waals surface area (Å²) in [6.45, 7) is 0.356. The highest BCUT2D eigenvalue weighted by atomic mass is 19.4. The molecule has 1 saturated heterocycles. The van der Waals surface area contributed by atoms with E-state index >= 15 is 0 Å². The van der Waals surface area contributed by atoms with Crippen molar-refractivity contribution in [3.05, 3.63) is 35.4 Å². The van der Waals surface area contributed by atoms with Gasteiger partial charge in [-0.3, -0.25) is 9.59 Å². The molecule has 1 aliphatic heterocycles. The van der Waals surface area contributed by atoms with Gasteiger partial charge in [-0.2, -0.15) is 13.2 Å². The first-order valence-corrected chi connectivity index (χ1v) is 5.96. The van der Waals surface area contributed by atoms with E-state index in [-0.39, 0.29) is 25.4 Å². The number of carbonyl (C=O) groups excluding carboxylic acids is 1. The summed E-state index contributed by atoms with van der Waals surface area (Å²) in [7, 11) is 0. The molecule has 1 N–H and O–H groups in total. The number of carbonyl (C=O) groups is 2. The van der Waals surface area contributed by atoms with Crippen LogP contribution in [-0.2, 0) is 11.0 Å². The van der Waals surface area contributed by atoms with Crippen molar-refractivity contribution in [2.45, 2.75) is 12.6 Å². The van der Waals surface area contributed by atoms with Crippen LogP contribution in [0.15, 0.2) is 24.3 Å². The topological polar surface area (TPSA) is 57.6 Å². The van der Waals surface area contributed by atoms with Crippen molar-refractivity contribution in [1.82, 2.24) is 4.90 Å². The molecule has 0 saturated carbocycles. The third kappa shape index (κ3) is 2.92. The van der Waals surface area contributed by atoms with Gasteiger partial charge >= 0.3 is 12.1 Å². The van der Waals surface area contributed by atoms with Crippen LogP contribution in [0.5, 0.6) is 0 Å². The number of carboxylic acid groups (broad SMARTS) is 1. The highest BCUT2D eigenvalue weighted by Gasteiger charge is 2.38. The van der Waals surface area contributed by atoms with Crippen LogP contribution in [-0.4, -0.2) is 35.0 Å². The second-order valence-corrected chi connectivity index (χ2v) is 4.72. The molecule has 0 spiro atoms. The van der Waals surface area contributed by atoms with E-state index in [9.17, 15) is 22.8 Å². The molecule has 108 valence electrons. The molecule has 0 aromatic heterocycles. The lowest BCUT2D eigenvalue weighted by molar-refractivity contribution is -0.139. The van der Waals surface area contributed by atoms with E-state index in [4.69, 9.17) is 5.11 Å². The summed E-state index contributed by atoms with van der Waals surface area (Å²) in [6.07, 6.45) is -4.66. The summed E-state index contributed by atoms with van der Waals surface area (Å²) in [6, 6.07) is 4.59. The van der Waals surface area contributed by atoms with Gasteiger partial charge < -0.3 is 10.0 Å². The number of benzene rings is 1.